The summed E-state index contributed by atoms with van der Waals surface area (Å²) in [6.45, 7) is 1.63. The molecule has 1 amide bonds. The topological polar surface area (TPSA) is 95.7 Å². The fourth-order valence-corrected chi connectivity index (χ4v) is 3.06. The van der Waals surface area contributed by atoms with Gasteiger partial charge in [0.25, 0.3) is 5.89 Å². The van der Waals surface area contributed by atoms with Crippen LogP contribution in [0.1, 0.15) is 18.1 Å². The van der Waals surface area contributed by atoms with Crippen LogP contribution in [0.4, 0.5) is 0 Å². The van der Waals surface area contributed by atoms with E-state index in [0.717, 1.165) is 16.4 Å². The van der Waals surface area contributed by atoms with Gasteiger partial charge in [0.15, 0.2) is 17.3 Å². The highest BCUT2D eigenvalue weighted by molar-refractivity contribution is 7.99. The number of hydrogen-bond donors (Lipinski definition) is 1. The van der Waals surface area contributed by atoms with Gasteiger partial charge in [0.05, 0.1) is 6.54 Å². The monoisotopic (exact) mass is 365 g/mol. The van der Waals surface area contributed by atoms with Gasteiger partial charge in [0, 0.05) is 24.2 Å². The molecule has 0 atom stereocenters. The first-order valence-electron chi connectivity index (χ1n) is 7.84. The van der Waals surface area contributed by atoms with Crippen molar-refractivity contribution < 1.29 is 23.5 Å². The van der Waals surface area contributed by atoms with Crippen molar-refractivity contribution in [3.63, 3.8) is 0 Å². The molecular weight excluding hydrogens is 346 g/mol. The number of carbonyl (C=O) groups excluding carboxylic acids is 1. The van der Waals surface area contributed by atoms with Crippen LogP contribution < -0.4 is 14.8 Å². The number of ether oxygens (including phenoxy) is 3. The predicted octanol–water partition coefficient (Wildman–Crippen LogP) is 1.79. The quantitative estimate of drug-likeness (QED) is 0.708. The van der Waals surface area contributed by atoms with Gasteiger partial charge in [-0.25, -0.2) is 0 Å². The second kappa shape index (κ2) is 8.72. The van der Waals surface area contributed by atoms with Crippen LogP contribution in [0.25, 0.3) is 0 Å². The molecule has 2 heterocycles. The van der Waals surface area contributed by atoms with Crippen LogP contribution in [0.5, 0.6) is 11.5 Å². The lowest BCUT2D eigenvalue weighted by atomic mass is 10.3. The summed E-state index contributed by atoms with van der Waals surface area (Å²) in [6, 6.07) is 5.80. The van der Waals surface area contributed by atoms with Gasteiger partial charge in [0.2, 0.25) is 5.91 Å². The molecule has 9 heteroatoms. The largest absolute Gasteiger partial charge is 0.486 e. The molecule has 3 rings (SSSR count). The van der Waals surface area contributed by atoms with Gasteiger partial charge in [0.1, 0.15) is 19.8 Å². The van der Waals surface area contributed by atoms with E-state index in [9.17, 15) is 4.79 Å². The Morgan fingerprint density at radius 2 is 2.16 bits per heavy atom. The van der Waals surface area contributed by atoms with Crippen LogP contribution in [-0.2, 0) is 22.7 Å². The minimum Gasteiger partial charge on any atom is -0.486 e. The van der Waals surface area contributed by atoms with E-state index in [-0.39, 0.29) is 19.1 Å². The maximum absolute atomic E-state index is 11.9. The van der Waals surface area contributed by atoms with Crippen LogP contribution in [0.2, 0.25) is 0 Å². The van der Waals surface area contributed by atoms with Crippen LogP contribution >= 0.6 is 11.8 Å². The number of nitrogens with zero attached hydrogens (tertiary/aromatic N) is 2. The number of rotatable bonds is 8. The predicted molar refractivity (Wildman–Crippen MR) is 89.6 cm³/mol. The zero-order valence-corrected chi connectivity index (χ0v) is 14.6. The summed E-state index contributed by atoms with van der Waals surface area (Å²) in [6.07, 6.45) is 0.391. The highest BCUT2D eigenvalue weighted by atomic mass is 32.2. The smallest absolute Gasteiger partial charge is 0.252 e. The van der Waals surface area contributed by atoms with Crippen molar-refractivity contribution in [1.82, 2.24) is 15.5 Å². The Morgan fingerprint density at radius 3 is 3.00 bits per heavy atom. The molecule has 1 aromatic heterocycles. The molecule has 0 fully saturated rings. The van der Waals surface area contributed by atoms with E-state index >= 15 is 0 Å². The average Bonchev–Trinajstić information content (AvgIpc) is 3.08. The summed E-state index contributed by atoms with van der Waals surface area (Å²) in [5.41, 5.74) is 0. The van der Waals surface area contributed by atoms with Gasteiger partial charge in [-0.05, 0) is 18.2 Å². The zero-order valence-electron chi connectivity index (χ0n) is 13.8. The molecule has 8 nitrogen and oxygen atoms in total. The van der Waals surface area contributed by atoms with E-state index in [1.165, 1.54) is 0 Å². The Balaban J connectivity index is 1.38. The molecule has 0 saturated carbocycles. The summed E-state index contributed by atoms with van der Waals surface area (Å²) >= 11 is 1.59. The fraction of sp³-hybridized carbons (Fsp3) is 0.438. The highest BCUT2D eigenvalue weighted by Crippen LogP contribution is 2.34. The lowest BCUT2D eigenvalue weighted by molar-refractivity contribution is -0.120. The Bertz CT molecular complexity index is 722. The number of thioether (sulfide) groups is 1. The van der Waals surface area contributed by atoms with Gasteiger partial charge in [-0.1, -0.05) is 5.16 Å². The van der Waals surface area contributed by atoms with Gasteiger partial charge < -0.3 is 24.1 Å². The molecule has 1 aromatic carbocycles. The first kappa shape index (κ1) is 17.6. The normalized spacial score (nSPS) is 12.8. The molecule has 0 bridgehead atoms. The molecule has 1 aliphatic heterocycles. The number of carbonyl (C=O) groups is 1. The minimum absolute atomic E-state index is 0.0665. The Morgan fingerprint density at radius 1 is 1.32 bits per heavy atom. The maximum Gasteiger partial charge on any atom is 0.252 e. The van der Waals surface area contributed by atoms with Gasteiger partial charge in [-0.15, -0.1) is 11.8 Å². The molecule has 0 radical (unpaired) electrons. The molecule has 0 aliphatic carbocycles. The summed E-state index contributed by atoms with van der Waals surface area (Å²) in [5.74, 6) is 2.93. The third-order valence-electron chi connectivity index (χ3n) is 3.33. The molecule has 134 valence electrons. The second-order valence-corrected chi connectivity index (χ2v) is 6.39. The van der Waals surface area contributed by atoms with Crippen LogP contribution in [0.3, 0.4) is 0 Å². The first-order valence-corrected chi connectivity index (χ1v) is 8.82. The first-order chi connectivity index (χ1) is 12.2. The molecular formula is C16H19N3O5S. The molecule has 0 saturated heterocycles. The van der Waals surface area contributed by atoms with E-state index in [0.29, 0.717) is 37.1 Å². The highest BCUT2D eigenvalue weighted by Gasteiger charge is 2.12. The number of nitrogens with one attached hydrogen (secondary N) is 1. The minimum atomic E-state index is -0.0665. The molecule has 0 spiro atoms. The van der Waals surface area contributed by atoms with E-state index < -0.39 is 0 Å². The van der Waals surface area contributed by atoms with Crippen molar-refractivity contribution in [2.24, 2.45) is 0 Å². The molecule has 1 N–H and O–H groups in total. The lowest BCUT2D eigenvalue weighted by Crippen LogP contribution is -2.23. The van der Waals surface area contributed by atoms with Crippen molar-refractivity contribution in [1.29, 1.82) is 0 Å². The number of aromatic nitrogens is 2. The van der Waals surface area contributed by atoms with E-state index in [4.69, 9.17) is 18.7 Å². The average molecular weight is 365 g/mol. The van der Waals surface area contributed by atoms with Crippen molar-refractivity contribution in [2.75, 3.05) is 26.1 Å². The molecule has 0 unspecified atom stereocenters. The summed E-state index contributed by atoms with van der Waals surface area (Å²) < 4.78 is 20.9. The standard InChI is InChI=1S/C16H19N3O5S/c1-21-10-16-18-14(19-24-16)9-17-15(20)4-7-25-11-2-3-12-13(8-11)23-6-5-22-12/h2-3,8H,4-7,9-10H2,1H3,(H,17,20). The third-order valence-corrected chi connectivity index (χ3v) is 4.33. The Labute approximate surface area is 149 Å². The number of hydrogen-bond acceptors (Lipinski definition) is 8. The molecule has 25 heavy (non-hydrogen) atoms. The lowest BCUT2D eigenvalue weighted by Gasteiger charge is -2.18. The van der Waals surface area contributed by atoms with Crippen LogP contribution in [-0.4, -0.2) is 42.1 Å². The van der Waals surface area contributed by atoms with E-state index in [1.807, 2.05) is 18.2 Å². The third kappa shape index (κ3) is 5.10. The number of methoxy groups -OCH3 is 1. The van der Waals surface area contributed by atoms with E-state index in [1.54, 1.807) is 18.9 Å². The molecule has 2 aromatic rings. The zero-order chi connectivity index (χ0) is 17.5. The molecule has 1 aliphatic rings. The second-order valence-electron chi connectivity index (χ2n) is 5.22. The maximum atomic E-state index is 11.9. The summed E-state index contributed by atoms with van der Waals surface area (Å²) in [4.78, 5) is 17.0. The number of benzene rings is 1. The van der Waals surface area contributed by atoms with Gasteiger partial charge >= 0.3 is 0 Å². The van der Waals surface area contributed by atoms with Crippen molar-refractivity contribution in [2.45, 2.75) is 24.5 Å². The van der Waals surface area contributed by atoms with Crippen molar-refractivity contribution in [3.8, 4) is 11.5 Å². The van der Waals surface area contributed by atoms with E-state index in [2.05, 4.69) is 15.5 Å². The van der Waals surface area contributed by atoms with Gasteiger partial charge in [-0.3, -0.25) is 4.79 Å². The summed E-state index contributed by atoms with van der Waals surface area (Å²) in [5, 5.41) is 6.53. The van der Waals surface area contributed by atoms with Crippen LogP contribution in [0.15, 0.2) is 27.6 Å². The SMILES string of the molecule is COCc1nc(CNC(=O)CCSc2ccc3c(c2)OCCO3)no1. The van der Waals surface area contributed by atoms with Crippen LogP contribution in [0, 0.1) is 0 Å². The van der Waals surface area contributed by atoms with Crippen molar-refractivity contribution in [3.05, 3.63) is 29.9 Å². The fourth-order valence-electron chi connectivity index (χ4n) is 2.19. The Hall–Kier alpha value is -2.26. The van der Waals surface area contributed by atoms with Gasteiger partial charge in [-0.2, -0.15) is 4.98 Å². The number of fused-ring (bicyclic) bond motifs is 1. The number of amides is 1. The Kier molecular flexibility index (Phi) is 6.13. The summed E-state index contributed by atoms with van der Waals surface area (Å²) in [7, 11) is 1.55. The van der Waals surface area contributed by atoms with Crippen molar-refractivity contribution >= 4 is 17.7 Å².